The van der Waals surface area contributed by atoms with Gasteiger partial charge in [0.05, 0.1) is 0 Å². The van der Waals surface area contributed by atoms with Crippen LogP contribution in [-0.4, -0.2) is 27.7 Å². The van der Waals surface area contributed by atoms with Gasteiger partial charge in [-0.05, 0) is 36.7 Å². The highest BCUT2D eigenvalue weighted by Crippen LogP contribution is 2.34. The highest BCUT2D eigenvalue weighted by atomic mass is 32.1. The van der Waals surface area contributed by atoms with Crippen molar-refractivity contribution in [2.45, 2.75) is 31.9 Å². The molecule has 0 aliphatic rings. The first-order valence-corrected chi connectivity index (χ1v) is 10.1. The van der Waals surface area contributed by atoms with Crippen molar-refractivity contribution in [1.82, 2.24) is 0 Å². The molecular formula is C23H25NO5S. The molecule has 3 aromatic rings. The van der Waals surface area contributed by atoms with Gasteiger partial charge in [0, 0.05) is 34.4 Å². The van der Waals surface area contributed by atoms with E-state index < -0.39 is 11.9 Å². The summed E-state index contributed by atoms with van der Waals surface area (Å²) in [6, 6.07) is 18.7. The van der Waals surface area contributed by atoms with Crippen molar-refractivity contribution in [1.29, 1.82) is 0 Å². The van der Waals surface area contributed by atoms with Crippen LogP contribution in [0.5, 0.6) is 5.75 Å². The van der Waals surface area contributed by atoms with E-state index in [2.05, 4.69) is 35.7 Å². The molecule has 0 aliphatic carbocycles. The molecule has 1 aromatic heterocycles. The summed E-state index contributed by atoms with van der Waals surface area (Å²) < 4.78 is 6.38. The summed E-state index contributed by atoms with van der Waals surface area (Å²) in [5, 5.41) is 20.0. The lowest BCUT2D eigenvalue weighted by Crippen LogP contribution is -2.35. The molecule has 0 saturated carbocycles. The van der Waals surface area contributed by atoms with Crippen LogP contribution in [0.15, 0.2) is 72.1 Å². The lowest BCUT2D eigenvalue weighted by atomic mass is 9.97. The topological polar surface area (TPSA) is 110 Å². The minimum Gasteiger partial charge on any atom is -0.484 e. The molecule has 0 bridgehead atoms. The Balaban J connectivity index is 0.000000343. The summed E-state index contributed by atoms with van der Waals surface area (Å²) in [6.45, 7) is 4.08. The molecule has 0 aliphatic heterocycles. The standard InChI is InChI=1S/C19H21NOS.C4H4O4/c1-19(2,20)13-17(18-11-6-12-22-18)21-16-10-5-8-14-7-3-4-9-15(14)16;5-3(6)1-2-4(7)8/h3-12,17H,13,20H2,1-2H3;1-2H,(H,5,6)(H,7,8)/b;2-1-. The third-order valence-electron chi connectivity index (χ3n) is 3.96. The second kappa shape index (κ2) is 10.6. The molecule has 0 amide bonds. The predicted octanol–water partition coefficient (Wildman–Crippen LogP) is 4.86. The second-order valence-corrected chi connectivity index (χ2v) is 8.28. The average molecular weight is 428 g/mol. The van der Waals surface area contributed by atoms with Gasteiger partial charge in [0.2, 0.25) is 0 Å². The minimum atomic E-state index is -1.26. The van der Waals surface area contributed by atoms with Crippen LogP contribution in [0.3, 0.4) is 0 Å². The largest absolute Gasteiger partial charge is 0.484 e. The number of hydrogen-bond acceptors (Lipinski definition) is 5. The van der Waals surface area contributed by atoms with E-state index in [-0.39, 0.29) is 11.6 Å². The molecule has 0 radical (unpaired) electrons. The number of carbonyl (C=O) groups is 2. The van der Waals surface area contributed by atoms with Gasteiger partial charge in [-0.1, -0.05) is 42.5 Å². The Kier molecular flexibility index (Phi) is 8.15. The fraction of sp³-hybridized carbons (Fsp3) is 0.217. The molecule has 7 heteroatoms. The van der Waals surface area contributed by atoms with Crippen molar-refractivity contribution >= 4 is 34.0 Å². The number of nitrogens with two attached hydrogens (primary N) is 1. The maximum atomic E-state index is 9.55. The number of ether oxygens (including phenoxy) is 1. The van der Waals surface area contributed by atoms with Crippen molar-refractivity contribution < 1.29 is 24.5 Å². The van der Waals surface area contributed by atoms with Gasteiger partial charge >= 0.3 is 11.9 Å². The van der Waals surface area contributed by atoms with E-state index >= 15 is 0 Å². The van der Waals surface area contributed by atoms with Crippen LogP contribution in [0.1, 0.15) is 31.2 Å². The Hall–Kier alpha value is -3.16. The Bertz CT molecular complexity index is 985. The zero-order chi connectivity index (χ0) is 22.1. The summed E-state index contributed by atoms with van der Waals surface area (Å²) >= 11 is 1.72. The van der Waals surface area contributed by atoms with E-state index in [9.17, 15) is 9.59 Å². The molecule has 2 aromatic carbocycles. The lowest BCUT2D eigenvalue weighted by molar-refractivity contribution is -0.134. The minimum absolute atomic E-state index is 0.0224. The third-order valence-corrected chi connectivity index (χ3v) is 4.92. The van der Waals surface area contributed by atoms with Crippen molar-refractivity contribution in [2.75, 3.05) is 0 Å². The van der Waals surface area contributed by atoms with Gasteiger partial charge in [-0.2, -0.15) is 0 Å². The number of carboxylic acids is 2. The number of aliphatic carboxylic acids is 2. The Morgan fingerprint density at radius 3 is 2.23 bits per heavy atom. The van der Waals surface area contributed by atoms with Gasteiger partial charge < -0.3 is 20.7 Å². The highest BCUT2D eigenvalue weighted by Gasteiger charge is 2.23. The van der Waals surface area contributed by atoms with Crippen LogP contribution >= 0.6 is 11.3 Å². The Morgan fingerprint density at radius 2 is 1.67 bits per heavy atom. The smallest absolute Gasteiger partial charge is 0.328 e. The van der Waals surface area contributed by atoms with Crippen LogP contribution in [0, 0.1) is 0 Å². The number of hydrogen-bond donors (Lipinski definition) is 3. The number of benzene rings is 2. The summed E-state index contributed by atoms with van der Waals surface area (Å²) in [4.78, 5) is 20.3. The van der Waals surface area contributed by atoms with E-state index in [1.165, 1.54) is 10.3 Å². The Labute approximate surface area is 179 Å². The first-order valence-electron chi connectivity index (χ1n) is 9.26. The van der Waals surface area contributed by atoms with Crippen LogP contribution in [-0.2, 0) is 9.59 Å². The quantitative estimate of drug-likeness (QED) is 0.465. The molecule has 3 rings (SSSR count). The normalized spacial score (nSPS) is 12.2. The zero-order valence-electron chi connectivity index (χ0n) is 16.8. The maximum absolute atomic E-state index is 9.55. The predicted molar refractivity (Wildman–Crippen MR) is 119 cm³/mol. The van der Waals surface area contributed by atoms with Gasteiger partial charge in [-0.3, -0.25) is 0 Å². The molecule has 4 N–H and O–H groups in total. The zero-order valence-corrected chi connectivity index (χ0v) is 17.6. The molecule has 0 saturated heterocycles. The van der Waals surface area contributed by atoms with Crippen LogP contribution in [0.25, 0.3) is 10.8 Å². The molecular weight excluding hydrogens is 402 g/mol. The first kappa shape index (κ1) is 23.1. The van der Waals surface area contributed by atoms with Crippen molar-refractivity contribution in [3.8, 4) is 5.75 Å². The summed E-state index contributed by atoms with van der Waals surface area (Å²) in [7, 11) is 0. The maximum Gasteiger partial charge on any atom is 0.328 e. The van der Waals surface area contributed by atoms with Gasteiger partial charge in [0.1, 0.15) is 11.9 Å². The van der Waals surface area contributed by atoms with Crippen molar-refractivity contribution in [3.05, 3.63) is 77.0 Å². The first-order chi connectivity index (χ1) is 14.2. The fourth-order valence-electron chi connectivity index (χ4n) is 2.75. The van der Waals surface area contributed by atoms with Gasteiger partial charge in [0.25, 0.3) is 0 Å². The Morgan fingerprint density at radius 1 is 1.03 bits per heavy atom. The van der Waals surface area contributed by atoms with E-state index in [0.717, 1.165) is 17.6 Å². The number of carboxylic acid groups (broad SMARTS) is 2. The molecule has 6 nitrogen and oxygen atoms in total. The van der Waals surface area contributed by atoms with Gasteiger partial charge in [-0.15, -0.1) is 11.3 Å². The molecule has 1 unspecified atom stereocenters. The third kappa shape index (κ3) is 7.69. The summed E-state index contributed by atoms with van der Waals surface area (Å²) in [5.74, 6) is -1.60. The molecule has 158 valence electrons. The van der Waals surface area contributed by atoms with E-state index in [4.69, 9.17) is 20.7 Å². The molecule has 1 heterocycles. The highest BCUT2D eigenvalue weighted by molar-refractivity contribution is 7.10. The van der Waals surface area contributed by atoms with Crippen molar-refractivity contribution in [2.24, 2.45) is 5.73 Å². The van der Waals surface area contributed by atoms with Crippen molar-refractivity contribution in [3.63, 3.8) is 0 Å². The second-order valence-electron chi connectivity index (χ2n) is 7.30. The van der Waals surface area contributed by atoms with Gasteiger partial charge in [0.15, 0.2) is 0 Å². The van der Waals surface area contributed by atoms with E-state index in [1.54, 1.807) is 11.3 Å². The van der Waals surface area contributed by atoms with Crippen LogP contribution < -0.4 is 10.5 Å². The molecule has 30 heavy (non-hydrogen) atoms. The van der Waals surface area contributed by atoms with Crippen LogP contribution in [0.4, 0.5) is 0 Å². The van der Waals surface area contributed by atoms with Crippen LogP contribution in [0.2, 0.25) is 0 Å². The number of rotatable bonds is 7. The molecule has 0 spiro atoms. The SMILES string of the molecule is CC(C)(N)CC(Oc1cccc2ccccc12)c1cccs1.O=C(O)/C=C\C(=O)O. The monoisotopic (exact) mass is 427 g/mol. The van der Waals surface area contributed by atoms with E-state index in [1.807, 2.05) is 38.1 Å². The fourth-order valence-corrected chi connectivity index (χ4v) is 3.50. The summed E-state index contributed by atoms with van der Waals surface area (Å²) in [6.07, 6.45) is 1.87. The average Bonchev–Trinajstić information content (AvgIpc) is 3.20. The molecule has 1 atom stereocenters. The number of thiophene rings is 1. The number of fused-ring (bicyclic) bond motifs is 1. The van der Waals surface area contributed by atoms with E-state index in [0.29, 0.717) is 12.2 Å². The van der Waals surface area contributed by atoms with Gasteiger partial charge in [-0.25, -0.2) is 9.59 Å². The summed E-state index contributed by atoms with van der Waals surface area (Å²) in [5.41, 5.74) is 5.95. The lowest BCUT2D eigenvalue weighted by Gasteiger charge is -2.26. The molecule has 0 fully saturated rings.